The van der Waals surface area contributed by atoms with Gasteiger partial charge in [0.05, 0.1) is 76.9 Å². The summed E-state index contributed by atoms with van der Waals surface area (Å²) in [6, 6.07) is 6.71. The van der Waals surface area contributed by atoms with Crippen LogP contribution in [0, 0.1) is 0 Å². The number of esters is 1. The Bertz CT molecular complexity index is 851. The molecule has 2 amide bonds. The number of carbonyl (C=O) groups excluding carboxylic acids is 4. The molecule has 1 aromatic rings. The van der Waals surface area contributed by atoms with Crippen molar-refractivity contribution in [1.29, 1.82) is 0 Å². The molecule has 35 heavy (non-hydrogen) atoms. The third-order valence-corrected chi connectivity index (χ3v) is 4.74. The average Bonchev–Trinajstić information content (AvgIpc) is 3.09. The van der Waals surface area contributed by atoms with Gasteiger partial charge in [0.15, 0.2) is 0 Å². The maximum Gasteiger partial charge on any atom is 0.372 e. The minimum absolute atomic E-state index is 0.00375. The number of hydrogen-bond acceptors (Lipinski definition) is 10. The van der Waals surface area contributed by atoms with Gasteiger partial charge in [-0.15, -0.1) is 0 Å². The molecule has 1 N–H and O–H groups in total. The number of aliphatic carboxylic acids is 1. The summed E-state index contributed by atoms with van der Waals surface area (Å²) >= 11 is 0. The molecule has 12 heteroatoms. The normalized spacial score (nSPS) is 12.6. The summed E-state index contributed by atoms with van der Waals surface area (Å²) in [5.74, 6) is -3.88. The SMILES string of the molecule is O=C(CCC(=O)C(=O)O)OCCOCCOCCOCCOCCN1C(=O)c2ccccc2C1=O. The predicted octanol–water partition coefficient (Wildman–Crippen LogP) is 0.326. The zero-order valence-electron chi connectivity index (χ0n) is 19.3. The highest BCUT2D eigenvalue weighted by Gasteiger charge is 2.34. The smallest absolute Gasteiger partial charge is 0.372 e. The minimum Gasteiger partial charge on any atom is -0.476 e. The largest absolute Gasteiger partial charge is 0.476 e. The van der Waals surface area contributed by atoms with Crippen LogP contribution >= 0.6 is 0 Å². The van der Waals surface area contributed by atoms with Crippen LogP contribution < -0.4 is 0 Å². The summed E-state index contributed by atoms with van der Waals surface area (Å²) in [5.41, 5.74) is 0.830. The Kier molecular flexibility index (Phi) is 12.6. The van der Waals surface area contributed by atoms with Crippen LogP contribution in [0.15, 0.2) is 24.3 Å². The van der Waals surface area contributed by atoms with E-state index >= 15 is 0 Å². The molecule has 0 saturated carbocycles. The number of ether oxygens (including phenoxy) is 5. The van der Waals surface area contributed by atoms with Crippen molar-refractivity contribution >= 4 is 29.5 Å². The Morgan fingerprint density at radius 2 is 1.14 bits per heavy atom. The van der Waals surface area contributed by atoms with E-state index in [0.717, 1.165) is 0 Å². The van der Waals surface area contributed by atoms with Crippen LogP contribution in [0.3, 0.4) is 0 Å². The summed E-state index contributed by atoms with van der Waals surface area (Å²) in [5, 5.41) is 8.41. The summed E-state index contributed by atoms with van der Waals surface area (Å²) in [6.45, 7) is 2.52. The lowest BCUT2D eigenvalue weighted by atomic mass is 10.1. The van der Waals surface area contributed by atoms with E-state index in [1.54, 1.807) is 24.3 Å². The molecule has 1 aliphatic rings. The fraction of sp³-hybridized carbons (Fsp3) is 0.522. The molecule has 0 atom stereocenters. The molecule has 0 radical (unpaired) electrons. The molecular formula is C23H29NO11. The van der Waals surface area contributed by atoms with E-state index < -0.39 is 24.1 Å². The van der Waals surface area contributed by atoms with E-state index in [1.807, 2.05) is 0 Å². The van der Waals surface area contributed by atoms with Crippen LogP contribution in [0.25, 0.3) is 0 Å². The number of benzene rings is 1. The van der Waals surface area contributed by atoms with Gasteiger partial charge in [-0.1, -0.05) is 12.1 Å². The van der Waals surface area contributed by atoms with Gasteiger partial charge in [0.1, 0.15) is 6.61 Å². The van der Waals surface area contributed by atoms with E-state index in [9.17, 15) is 24.0 Å². The third-order valence-electron chi connectivity index (χ3n) is 4.74. The maximum atomic E-state index is 12.2. The molecule has 2 rings (SSSR count). The van der Waals surface area contributed by atoms with E-state index in [-0.39, 0.29) is 51.2 Å². The van der Waals surface area contributed by atoms with E-state index in [4.69, 9.17) is 28.8 Å². The van der Waals surface area contributed by atoms with E-state index in [0.29, 0.717) is 44.2 Å². The Balaban J connectivity index is 1.34. The molecule has 1 aromatic carbocycles. The van der Waals surface area contributed by atoms with Crippen LogP contribution in [0.1, 0.15) is 33.6 Å². The quantitative estimate of drug-likeness (QED) is 0.122. The molecule has 0 saturated heterocycles. The van der Waals surface area contributed by atoms with Gasteiger partial charge in [0.25, 0.3) is 11.8 Å². The second-order valence-corrected chi connectivity index (χ2v) is 7.21. The van der Waals surface area contributed by atoms with Crippen molar-refractivity contribution in [2.24, 2.45) is 0 Å². The Hall–Kier alpha value is -3.19. The minimum atomic E-state index is -1.57. The number of rotatable bonds is 19. The lowest BCUT2D eigenvalue weighted by Crippen LogP contribution is -2.33. The molecule has 12 nitrogen and oxygen atoms in total. The number of amides is 2. The number of imide groups is 1. The van der Waals surface area contributed by atoms with Crippen LogP contribution in [0.2, 0.25) is 0 Å². The molecule has 0 aliphatic carbocycles. The number of hydrogen-bond donors (Lipinski definition) is 1. The summed E-state index contributed by atoms with van der Waals surface area (Å²) in [6.07, 6.45) is -0.682. The second-order valence-electron chi connectivity index (χ2n) is 7.21. The standard InChI is InChI=1S/C23H29NO11/c25-19(23(29)30)5-6-20(26)35-16-15-34-14-13-33-12-11-32-10-9-31-8-7-24-21(27)17-3-1-2-4-18(17)22(24)28/h1-4H,5-16H2,(H,29,30). The van der Waals surface area contributed by atoms with Crippen molar-refractivity contribution in [2.45, 2.75) is 12.8 Å². The lowest BCUT2D eigenvalue weighted by Gasteiger charge is -2.13. The van der Waals surface area contributed by atoms with Crippen molar-refractivity contribution in [3.8, 4) is 0 Å². The number of carboxylic acid groups (broad SMARTS) is 1. The number of carbonyl (C=O) groups is 5. The molecule has 0 fully saturated rings. The Morgan fingerprint density at radius 3 is 1.63 bits per heavy atom. The lowest BCUT2D eigenvalue weighted by molar-refractivity contribution is -0.151. The van der Waals surface area contributed by atoms with Crippen LogP contribution in [-0.2, 0) is 38.1 Å². The van der Waals surface area contributed by atoms with Gasteiger partial charge in [-0.2, -0.15) is 0 Å². The fourth-order valence-corrected chi connectivity index (χ4v) is 2.97. The number of ketones is 1. The van der Waals surface area contributed by atoms with Crippen molar-refractivity contribution in [3.05, 3.63) is 35.4 Å². The molecule has 192 valence electrons. The van der Waals surface area contributed by atoms with E-state index in [1.165, 1.54) is 4.90 Å². The number of carboxylic acids is 1. The molecule has 0 bridgehead atoms. The first-order valence-electron chi connectivity index (χ1n) is 11.1. The molecule has 0 unspecified atom stereocenters. The second kappa shape index (κ2) is 15.7. The summed E-state index contributed by atoms with van der Waals surface area (Å²) in [4.78, 5) is 58.1. The first kappa shape index (κ1) is 28.1. The maximum absolute atomic E-state index is 12.2. The van der Waals surface area contributed by atoms with Gasteiger partial charge >= 0.3 is 11.9 Å². The fourth-order valence-electron chi connectivity index (χ4n) is 2.97. The third kappa shape index (κ3) is 9.91. The average molecular weight is 495 g/mol. The molecule has 0 aromatic heterocycles. The van der Waals surface area contributed by atoms with Gasteiger partial charge in [-0.05, 0) is 12.1 Å². The van der Waals surface area contributed by atoms with Gasteiger partial charge < -0.3 is 28.8 Å². The summed E-state index contributed by atoms with van der Waals surface area (Å²) < 4.78 is 26.1. The van der Waals surface area contributed by atoms with Crippen molar-refractivity contribution < 1.29 is 52.8 Å². The topological polar surface area (TPSA) is 155 Å². The first-order chi connectivity index (χ1) is 16.9. The number of fused-ring (bicyclic) bond motifs is 1. The predicted molar refractivity (Wildman–Crippen MR) is 118 cm³/mol. The highest BCUT2D eigenvalue weighted by molar-refractivity contribution is 6.32. The first-order valence-corrected chi connectivity index (χ1v) is 11.1. The van der Waals surface area contributed by atoms with Crippen molar-refractivity contribution in [2.75, 3.05) is 66.0 Å². The monoisotopic (exact) mass is 495 g/mol. The van der Waals surface area contributed by atoms with Gasteiger partial charge in [0, 0.05) is 6.42 Å². The molecule has 0 spiro atoms. The van der Waals surface area contributed by atoms with Gasteiger partial charge in [-0.3, -0.25) is 24.1 Å². The van der Waals surface area contributed by atoms with Gasteiger partial charge in [0.2, 0.25) is 5.78 Å². The molecular weight excluding hydrogens is 466 g/mol. The highest BCUT2D eigenvalue weighted by Crippen LogP contribution is 2.21. The zero-order valence-corrected chi connectivity index (χ0v) is 19.3. The number of nitrogens with zero attached hydrogens (tertiary/aromatic N) is 1. The Labute approximate surface area is 202 Å². The zero-order chi connectivity index (χ0) is 25.5. The Morgan fingerprint density at radius 1 is 0.686 bits per heavy atom. The van der Waals surface area contributed by atoms with E-state index in [2.05, 4.69) is 0 Å². The van der Waals surface area contributed by atoms with Crippen molar-refractivity contribution in [1.82, 2.24) is 4.90 Å². The van der Waals surface area contributed by atoms with Gasteiger partial charge in [-0.25, -0.2) is 4.79 Å². The van der Waals surface area contributed by atoms with Crippen LogP contribution in [-0.4, -0.2) is 106 Å². The molecule has 1 aliphatic heterocycles. The van der Waals surface area contributed by atoms with Crippen LogP contribution in [0.5, 0.6) is 0 Å². The summed E-state index contributed by atoms with van der Waals surface area (Å²) in [7, 11) is 0. The van der Waals surface area contributed by atoms with Crippen LogP contribution in [0.4, 0.5) is 0 Å². The van der Waals surface area contributed by atoms with Crippen molar-refractivity contribution in [3.63, 3.8) is 0 Å². The number of Topliss-reactive ketones (excluding diaryl/α,β-unsaturated/α-hetero) is 1. The highest BCUT2D eigenvalue weighted by atomic mass is 16.6. The molecule has 1 heterocycles.